The van der Waals surface area contributed by atoms with Gasteiger partial charge in [-0.25, -0.2) is 9.50 Å². The molecule has 1 aliphatic rings. The molecule has 0 bridgehead atoms. The summed E-state index contributed by atoms with van der Waals surface area (Å²) in [6.07, 6.45) is 3.22. The number of nitrogens with zero attached hydrogens (tertiary/aromatic N) is 6. The minimum atomic E-state index is -0.0808. The van der Waals surface area contributed by atoms with E-state index in [0.29, 0.717) is 23.0 Å². The molecule has 0 saturated heterocycles. The summed E-state index contributed by atoms with van der Waals surface area (Å²) in [5.74, 6) is 1.59. The first kappa shape index (κ1) is 15.1. The van der Waals surface area contributed by atoms with Crippen molar-refractivity contribution in [2.45, 2.75) is 32.4 Å². The maximum Gasteiger partial charge on any atom is 0.281 e. The van der Waals surface area contributed by atoms with Crippen molar-refractivity contribution in [2.75, 3.05) is 11.9 Å². The first-order valence-corrected chi connectivity index (χ1v) is 8.18. The maximum atomic E-state index is 12.8. The molecule has 7 nitrogen and oxygen atoms in total. The number of imidazole rings is 1. The lowest BCUT2D eigenvalue weighted by atomic mass is 10.2. The summed E-state index contributed by atoms with van der Waals surface area (Å²) in [5.41, 5.74) is 1.28. The maximum absolute atomic E-state index is 12.8. The van der Waals surface area contributed by atoms with Crippen LogP contribution in [-0.2, 0) is 6.54 Å². The van der Waals surface area contributed by atoms with E-state index in [2.05, 4.69) is 15.1 Å². The molecule has 0 N–H and O–H groups in total. The van der Waals surface area contributed by atoms with Gasteiger partial charge >= 0.3 is 0 Å². The molecular formula is C16H17ClN6O. The van der Waals surface area contributed by atoms with Crippen LogP contribution in [0.25, 0.3) is 5.52 Å². The van der Waals surface area contributed by atoms with E-state index in [1.54, 1.807) is 21.5 Å². The van der Waals surface area contributed by atoms with Crippen molar-refractivity contribution in [3.05, 3.63) is 51.4 Å². The minimum Gasteiger partial charge on any atom is -0.334 e. The van der Waals surface area contributed by atoms with Gasteiger partial charge in [0.15, 0.2) is 5.52 Å². The molecular weight excluding hydrogens is 328 g/mol. The Balaban J connectivity index is 1.85. The molecule has 24 heavy (non-hydrogen) atoms. The van der Waals surface area contributed by atoms with Crippen molar-refractivity contribution >= 4 is 23.1 Å². The summed E-state index contributed by atoms with van der Waals surface area (Å²) in [5, 5.41) is 5.25. The largest absolute Gasteiger partial charge is 0.334 e. The number of halogens is 1. The van der Waals surface area contributed by atoms with Crippen molar-refractivity contribution in [1.29, 1.82) is 0 Å². The van der Waals surface area contributed by atoms with Gasteiger partial charge in [0.1, 0.15) is 5.82 Å². The number of aromatic nitrogens is 5. The van der Waals surface area contributed by atoms with Crippen LogP contribution in [0.5, 0.6) is 0 Å². The molecule has 4 heterocycles. The molecule has 124 valence electrons. The molecule has 4 rings (SSSR count). The van der Waals surface area contributed by atoms with Crippen LogP contribution in [0.1, 0.15) is 37.3 Å². The Morgan fingerprint density at radius 1 is 1.25 bits per heavy atom. The fraction of sp³-hybridized carbons (Fsp3) is 0.375. The molecule has 0 radical (unpaired) electrons. The zero-order chi connectivity index (χ0) is 17.0. The predicted octanol–water partition coefficient (Wildman–Crippen LogP) is 2.25. The lowest BCUT2D eigenvalue weighted by Gasteiger charge is -2.19. The molecule has 8 heteroatoms. The van der Waals surface area contributed by atoms with E-state index in [0.717, 1.165) is 11.5 Å². The van der Waals surface area contributed by atoms with Gasteiger partial charge in [0.25, 0.3) is 5.56 Å². The molecule has 0 amide bonds. The van der Waals surface area contributed by atoms with Crippen LogP contribution in [0.15, 0.2) is 29.3 Å². The third-order valence-corrected chi connectivity index (χ3v) is 4.63. The lowest BCUT2D eigenvalue weighted by molar-refractivity contribution is 0.613. The Hall–Kier alpha value is -2.41. The van der Waals surface area contributed by atoms with E-state index in [1.807, 2.05) is 37.9 Å². The van der Waals surface area contributed by atoms with E-state index in [9.17, 15) is 4.79 Å². The smallest absolute Gasteiger partial charge is 0.281 e. The van der Waals surface area contributed by atoms with Crippen LogP contribution in [0.2, 0.25) is 5.02 Å². The van der Waals surface area contributed by atoms with Gasteiger partial charge < -0.3 is 4.90 Å². The first-order valence-electron chi connectivity index (χ1n) is 7.80. The number of hydrogen-bond acceptors (Lipinski definition) is 5. The second-order valence-corrected chi connectivity index (χ2v) is 6.75. The van der Waals surface area contributed by atoms with Crippen LogP contribution in [0.3, 0.4) is 0 Å². The number of anilines is 1. The van der Waals surface area contributed by atoms with Crippen molar-refractivity contribution < 1.29 is 0 Å². The van der Waals surface area contributed by atoms with Gasteiger partial charge in [-0.15, -0.1) is 5.10 Å². The second kappa shape index (κ2) is 5.31. The number of pyridine rings is 1. The second-order valence-electron chi connectivity index (χ2n) is 6.31. The van der Waals surface area contributed by atoms with Gasteiger partial charge in [-0.3, -0.25) is 14.3 Å². The zero-order valence-corrected chi connectivity index (χ0v) is 14.4. The average molecular weight is 345 g/mol. The van der Waals surface area contributed by atoms with Gasteiger partial charge in [-0.05, 0) is 12.1 Å². The molecule has 0 spiro atoms. The Morgan fingerprint density at radius 3 is 2.71 bits per heavy atom. The summed E-state index contributed by atoms with van der Waals surface area (Å²) in [7, 11) is 1.92. The van der Waals surface area contributed by atoms with Crippen molar-refractivity contribution in [1.82, 2.24) is 24.1 Å². The number of likely N-dealkylation sites (N-methyl/N-ethyl adjacent to an activating group) is 1. The quantitative estimate of drug-likeness (QED) is 0.713. The van der Waals surface area contributed by atoms with Crippen LogP contribution in [0, 0.1) is 0 Å². The number of hydrogen-bond donors (Lipinski definition) is 0. The molecule has 0 aliphatic carbocycles. The standard InChI is InChI=1S/C16H17ClN6O/c1-9(2)14-19-7-12-15(24)22-8-13(11-5-4-10(17)6-18-11)21(3)16(22)20-23(12)14/h4-7,9,13H,8H2,1-3H3. The molecule has 0 aromatic carbocycles. The fourth-order valence-electron chi connectivity index (χ4n) is 3.11. The summed E-state index contributed by atoms with van der Waals surface area (Å²) in [4.78, 5) is 23.5. The van der Waals surface area contributed by atoms with Gasteiger partial charge in [-0.2, -0.15) is 0 Å². The Kier molecular flexibility index (Phi) is 3.35. The summed E-state index contributed by atoms with van der Waals surface area (Å²) in [6, 6.07) is 3.64. The highest BCUT2D eigenvalue weighted by atomic mass is 35.5. The van der Waals surface area contributed by atoms with E-state index >= 15 is 0 Å². The predicted molar refractivity (Wildman–Crippen MR) is 91.7 cm³/mol. The summed E-state index contributed by atoms with van der Waals surface area (Å²) >= 11 is 5.92. The van der Waals surface area contributed by atoms with E-state index in [4.69, 9.17) is 11.6 Å². The molecule has 3 aromatic heterocycles. The first-order chi connectivity index (χ1) is 11.5. The normalized spacial score (nSPS) is 17.0. The van der Waals surface area contributed by atoms with Gasteiger partial charge in [0.05, 0.1) is 29.5 Å². The van der Waals surface area contributed by atoms with E-state index in [-0.39, 0.29) is 17.5 Å². The van der Waals surface area contributed by atoms with E-state index in [1.165, 1.54) is 0 Å². The Morgan fingerprint density at radius 2 is 2.04 bits per heavy atom. The van der Waals surface area contributed by atoms with Gasteiger partial charge in [0, 0.05) is 19.2 Å². The SMILES string of the molecule is CC(C)c1ncc2c(=O)n3c(nn12)N(C)C(c1ccc(Cl)cn1)C3. The zero-order valence-electron chi connectivity index (χ0n) is 13.6. The van der Waals surface area contributed by atoms with Crippen molar-refractivity contribution in [3.63, 3.8) is 0 Å². The monoisotopic (exact) mass is 344 g/mol. The molecule has 0 saturated carbocycles. The number of fused-ring (bicyclic) bond motifs is 2. The lowest BCUT2D eigenvalue weighted by Crippen LogP contribution is -2.24. The van der Waals surface area contributed by atoms with E-state index < -0.39 is 0 Å². The highest BCUT2D eigenvalue weighted by molar-refractivity contribution is 6.30. The highest BCUT2D eigenvalue weighted by Gasteiger charge is 2.32. The molecule has 3 aromatic rings. The Labute approximate surface area is 143 Å². The molecule has 1 atom stereocenters. The molecule has 1 aliphatic heterocycles. The third kappa shape index (κ3) is 2.11. The fourth-order valence-corrected chi connectivity index (χ4v) is 3.23. The van der Waals surface area contributed by atoms with Gasteiger partial charge in [0.2, 0.25) is 5.95 Å². The summed E-state index contributed by atoms with van der Waals surface area (Å²) < 4.78 is 3.34. The molecule has 1 unspecified atom stereocenters. The highest BCUT2D eigenvalue weighted by Crippen LogP contribution is 2.31. The topological polar surface area (TPSA) is 68.3 Å². The van der Waals surface area contributed by atoms with Crippen molar-refractivity contribution in [2.24, 2.45) is 0 Å². The van der Waals surface area contributed by atoms with Crippen LogP contribution in [0.4, 0.5) is 5.95 Å². The van der Waals surface area contributed by atoms with Gasteiger partial charge in [-0.1, -0.05) is 25.4 Å². The van der Waals surface area contributed by atoms with Crippen LogP contribution < -0.4 is 10.5 Å². The average Bonchev–Trinajstić information content (AvgIpc) is 3.12. The van der Waals surface area contributed by atoms with Crippen LogP contribution in [-0.4, -0.2) is 31.2 Å². The third-order valence-electron chi connectivity index (χ3n) is 4.41. The molecule has 0 fully saturated rings. The number of rotatable bonds is 2. The van der Waals surface area contributed by atoms with Crippen molar-refractivity contribution in [3.8, 4) is 0 Å². The Bertz CT molecular complexity index is 975. The van der Waals surface area contributed by atoms with Crippen LogP contribution >= 0.6 is 11.6 Å². The summed E-state index contributed by atoms with van der Waals surface area (Å²) in [6.45, 7) is 4.57. The minimum absolute atomic E-state index is 0.0509.